The van der Waals surface area contributed by atoms with Gasteiger partial charge in [-0.15, -0.1) is 0 Å². The second kappa shape index (κ2) is 5.33. The van der Waals surface area contributed by atoms with Crippen molar-refractivity contribution in [3.63, 3.8) is 0 Å². The molecule has 0 aromatic carbocycles. The maximum absolute atomic E-state index is 12.0. The van der Waals surface area contributed by atoms with E-state index < -0.39 is 0 Å². The van der Waals surface area contributed by atoms with Gasteiger partial charge in [0.2, 0.25) is 0 Å². The van der Waals surface area contributed by atoms with E-state index in [1.165, 1.54) is 0 Å². The molecule has 0 aliphatic carbocycles. The summed E-state index contributed by atoms with van der Waals surface area (Å²) in [6, 6.07) is 0. The molecular formula is C13H24O. The molecule has 1 atom stereocenters. The van der Waals surface area contributed by atoms with Crippen LogP contribution in [0.5, 0.6) is 0 Å². The topological polar surface area (TPSA) is 17.1 Å². The van der Waals surface area contributed by atoms with Crippen LogP contribution in [0.1, 0.15) is 41.5 Å². The Kier molecular flexibility index (Phi) is 5.11. The van der Waals surface area contributed by atoms with E-state index in [9.17, 15) is 4.79 Å². The number of hydrogen-bond donors (Lipinski definition) is 0. The van der Waals surface area contributed by atoms with E-state index in [2.05, 4.69) is 34.3 Å². The van der Waals surface area contributed by atoms with Crippen molar-refractivity contribution in [2.75, 3.05) is 0 Å². The van der Waals surface area contributed by atoms with Crippen LogP contribution in [0.4, 0.5) is 0 Å². The maximum atomic E-state index is 12.0. The highest BCUT2D eigenvalue weighted by atomic mass is 16.1. The maximum Gasteiger partial charge on any atom is 0.142 e. The summed E-state index contributed by atoms with van der Waals surface area (Å²) in [7, 11) is 0. The van der Waals surface area contributed by atoms with Crippen LogP contribution in [0.25, 0.3) is 0 Å². The van der Waals surface area contributed by atoms with Crippen molar-refractivity contribution in [1.82, 2.24) is 0 Å². The number of rotatable bonds is 5. The zero-order chi connectivity index (χ0) is 11.5. The largest absolute Gasteiger partial charge is 0.299 e. The van der Waals surface area contributed by atoms with Gasteiger partial charge in [0.25, 0.3) is 0 Å². The summed E-state index contributed by atoms with van der Waals surface area (Å²) >= 11 is 0. The van der Waals surface area contributed by atoms with Gasteiger partial charge >= 0.3 is 0 Å². The Balaban J connectivity index is 4.78. The van der Waals surface area contributed by atoms with Gasteiger partial charge in [-0.1, -0.05) is 53.7 Å². The Hall–Kier alpha value is -0.590. The number of ketones is 1. The smallest absolute Gasteiger partial charge is 0.142 e. The van der Waals surface area contributed by atoms with Gasteiger partial charge in [-0.2, -0.15) is 0 Å². The fraction of sp³-hybridized carbons (Fsp3) is 0.769. The number of carbonyl (C=O) groups excluding carboxylic acids is 1. The predicted octanol–water partition coefficient (Wildman–Crippen LogP) is 3.70. The van der Waals surface area contributed by atoms with Crippen LogP contribution in [0, 0.1) is 23.7 Å². The minimum Gasteiger partial charge on any atom is -0.299 e. The molecule has 82 valence electrons. The van der Waals surface area contributed by atoms with Gasteiger partial charge in [0.15, 0.2) is 0 Å². The molecule has 0 heterocycles. The number of Topliss-reactive ketones (excluding diaryl/α,β-unsaturated/α-hetero) is 1. The third kappa shape index (κ3) is 3.28. The molecule has 0 aromatic heterocycles. The normalized spacial score (nSPS) is 13.8. The van der Waals surface area contributed by atoms with E-state index in [0.29, 0.717) is 17.6 Å². The lowest BCUT2D eigenvalue weighted by Gasteiger charge is -2.26. The van der Waals surface area contributed by atoms with Crippen molar-refractivity contribution in [3.8, 4) is 0 Å². The Morgan fingerprint density at radius 1 is 0.929 bits per heavy atom. The second-order valence-corrected chi connectivity index (χ2v) is 5.01. The summed E-state index contributed by atoms with van der Waals surface area (Å²) in [5.41, 5.74) is 1.08. The van der Waals surface area contributed by atoms with Crippen molar-refractivity contribution in [3.05, 3.63) is 12.2 Å². The molecule has 1 heteroatoms. The summed E-state index contributed by atoms with van der Waals surface area (Å²) < 4.78 is 0. The highest BCUT2D eigenvalue weighted by Crippen LogP contribution is 2.28. The van der Waals surface area contributed by atoms with Gasteiger partial charge in [-0.25, -0.2) is 0 Å². The molecule has 0 aromatic rings. The average Bonchev–Trinajstić information content (AvgIpc) is 2.03. The molecule has 1 nitrogen and oxygen atoms in total. The molecule has 14 heavy (non-hydrogen) atoms. The molecular weight excluding hydrogens is 172 g/mol. The van der Waals surface area contributed by atoms with E-state index in [4.69, 9.17) is 0 Å². The van der Waals surface area contributed by atoms with Gasteiger partial charge in [0, 0.05) is 11.8 Å². The number of carbonyl (C=O) groups is 1. The van der Waals surface area contributed by atoms with E-state index in [0.717, 1.165) is 5.57 Å². The molecule has 0 radical (unpaired) electrons. The van der Waals surface area contributed by atoms with Crippen LogP contribution in [0.3, 0.4) is 0 Å². The van der Waals surface area contributed by atoms with E-state index in [-0.39, 0.29) is 11.8 Å². The van der Waals surface area contributed by atoms with Crippen LogP contribution in [-0.2, 0) is 4.79 Å². The Labute approximate surface area is 88.6 Å². The van der Waals surface area contributed by atoms with Crippen molar-refractivity contribution in [2.24, 2.45) is 23.7 Å². The quantitative estimate of drug-likeness (QED) is 0.613. The summed E-state index contributed by atoms with van der Waals surface area (Å²) in [6.07, 6.45) is 0. The summed E-state index contributed by atoms with van der Waals surface area (Å²) in [4.78, 5) is 12.0. The third-order valence-electron chi connectivity index (χ3n) is 2.68. The molecule has 0 amide bonds. The zero-order valence-electron chi connectivity index (χ0n) is 10.4. The van der Waals surface area contributed by atoms with Gasteiger partial charge in [0.05, 0.1) is 0 Å². The average molecular weight is 196 g/mol. The summed E-state index contributed by atoms with van der Waals surface area (Å²) in [5, 5.41) is 0. The highest BCUT2D eigenvalue weighted by Gasteiger charge is 2.27. The lowest BCUT2D eigenvalue weighted by Crippen LogP contribution is -2.27. The first kappa shape index (κ1) is 13.4. The number of allylic oxidation sites excluding steroid dienone is 1. The van der Waals surface area contributed by atoms with Crippen LogP contribution in [-0.4, -0.2) is 5.78 Å². The van der Waals surface area contributed by atoms with Crippen LogP contribution in [0.2, 0.25) is 0 Å². The minimum absolute atomic E-state index is 0.0370. The number of hydrogen-bond acceptors (Lipinski definition) is 1. The van der Waals surface area contributed by atoms with Crippen molar-refractivity contribution < 1.29 is 4.79 Å². The molecule has 0 N–H and O–H groups in total. The van der Waals surface area contributed by atoms with E-state index in [1.807, 2.05) is 13.8 Å². The predicted molar refractivity (Wildman–Crippen MR) is 62.2 cm³/mol. The molecule has 0 spiro atoms. The minimum atomic E-state index is 0.0370. The monoisotopic (exact) mass is 196 g/mol. The van der Waals surface area contributed by atoms with E-state index in [1.54, 1.807) is 0 Å². The Morgan fingerprint density at radius 3 is 1.57 bits per heavy atom. The van der Waals surface area contributed by atoms with Crippen LogP contribution >= 0.6 is 0 Å². The summed E-state index contributed by atoms with van der Waals surface area (Å²) in [5.74, 6) is 1.23. The first-order valence-corrected chi connectivity index (χ1v) is 5.51. The Morgan fingerprint density at radius 2 is 1.36 bits per heavy atom. The highest BCUT2D eigenvalue weighted by molar-refractivity contribution is 5.85. The van der Waals surface area contributed by atoms with Gasteiger partial charge in [-0.3, -0.25) is 4.79 Å². The standard InChI is InChI=1S/C13H24O/c1-8(2)11(7)12(9(3)4)13(14)10(5)6/h8-10,12H,7H2,1-6H3. The zero-order valence-corrected chi connectivity index (χ0v) is 10.4. The molecule has 0 aliphatic heterocycles. The first-order valence-electron chi connectivity index (χ1n) is 5.51. The van der Waals surface area contributed by atoms with Crippen molar-refractivity contribution in [2.45, 2.75) is 41.5 Å². The van der Waals surface area contributed by atoms with Crippen molar-refractivity contribution >= 4 is 5.78 Å². The lowest BCUT2D eigenvalue weighted by molar-refractivity contribution is -0.126. The molecule has 0 bridgehead atoms. The van der Waals surface area contributed by atoms with Crippen LogP contribution < -0.4 is 0 Å². The third-order valence-corrected chi connectivity index (χ3v) is 2.68. The summed E-state index contributed by atoms with van der Waals surface area (Å²) in [6.45, 7) is 16.4. The molecule has 0 saturated heterocycles. The van der Waals surface area contributed by atoms with E-state index >= 15 is 0 Å². The van der Waals surface area contributed by atoms with Gasteiger partial charge in [-0.05, 0) is 11.8 Å². The molecule has 0 saturated carbocycles. The fourth-order valence-electron chi connectivity index (χ4n) is 1.66. The Bertz CT molecular complexity index is 191. The fourth-order valence-corrected chi connectivity index (χ4v) is 1.66. The lowest BCUT2D eigenvalue weighted by atomic mass is 9.77. The van der Waals surface area contributed by atoms with Crippen molar-refractivity contribution in [1.29, 1.82) is 0 Å². The second-order valence-electron chi connectivity index (χ2n) is 5.01. The molecule has 0 fully saturated rings. The SMILES string of the molecule is C=C(C(C)C)C(C(=O)C(C)C)C(C)C. The molecule has 0 aliphatic rings. The van der Waals surface area contributed by atoms with Crippen LogP contribution in [0.15, 0.2) is 12.2 Å². The van der Waals surface area contributed by atoms with Gasteiger partial charge < -0.3 is 0 Å². The molecule has 1 unspecified atom stereocenters. The molecule has 0 rings (SSSR count). The first-order chi connectivity index (χ1) is 6.29. The van der Waals surface area contributed by atoms with Gasteiger partial charge in [0.1, 0.15) is 5.78 Å².